The van der Waals surface area contributed by atoms with Crippen LogP contribution in [0.15, 0.2) is 30.5 Å². The average molecular weight is 356 g/mol. The van der Waals surface area contributed by atoms with Crippen molar-refractivity contribution in [3.8, 4) is 5.75 Å². The lowest BCUT2D eigenvalue weighted by atomic mass is 10.0. The number of piperazine rings is 1. The Kier molecular flexibility index (Phi) is 5.37. The summed E-state index contributed by atoms with van der Waals surface area (Å²) in [4.78, 5) is 25.0. The Hall–Kier alpha value is -2.67. The molecule has 2 heterocycles. The molecule has 0 amide bonds. The highest BCUT2D eigenvalue weighted by molar-refractivity contribution is 5.75. The van der Waals surface area contributed by atoms with E-state index in [4.69, 9.17) is 4.74 Å². The second kappa shape index (κ2) is 7.70. The third kappa shape index (κ3) is 3.77. The first-order valence-electron chi connectivity index (χ1n) is 8.65. The molecular formula is C19H24N4O3. The Morgan fingerprint density at radius 3 is 2.38 bits per heavy atom. The Morgan fingerprint density at radius 2 is 1.81 bits per heavy atom. The number of hydrogen-bond acceptors (Lipinski definition) is 6. The number of nitrogens with zero attached hydrogens (tertiary/aromatic N) is 4. The molecule has 2 aromatic rings. The van der Waals surface area contributed by atoms with Crippen molar-refractivity contribution in [1.29, 1.82) is 0 Å². The van der Waals surface area contributed by atoms with Gasteiger partial charge in [0, 0.05) is 32.4 Å². The fraction of sp³-hybridized carbons (Fsp3) is 0.421. The molecule has 0 bridgehead atoms. The molecule has 7 nitrogen and oxygen atoms in total. The first-order valence-corrected chi connectivity index (χ1v) is 8.65. The van der Waals surface area contributed by atoms with Crippen LogP contribution in [0.4, 0.5) is 5.82 Å². The van der Waals surface area contributed by atoms with Crippen molar-refractivity contribution in [3.05, 3.63) is 47.4 Å². The van der Waals surface area contributed by atoms with Gasteiger partial charge in [-0.3, -0.25) is 14.7 Å². The molecule has 138 valence electrons. The van der Waals surface area contributed by atoms with Crippen LogP contribution in [0.3, 0.4) is 0 Å². The third-order valence-electron chi connectivity index (χ3n) is 4.70. The lowest BCUT2D eigenvalue weighted by molar-refractivity contribution is -0.143. The van der Waals surface area contributed by atoms with Crippen LogP contribution in [0.2, 0.25) is 0 Å². The zero-order valence-electron chi connectivity index (χ0n) is 15.3. The molecule has 1 atom stereocenters. The van der Waals surface area contributed by atoms with Crippen LogP contribution in [-0.2, 0) is 4.79 Å². The van der Waals surface area contributed by atoms with Crippen LogP contribution in [0.25, 0.3) is 0 Å². The van der Waals surface area contributed by atoms with E-state index < -0.39 is 12.0 Å². The van der Waals surface area contributed by atoms with E-state index in [-0.39, 0.29) is 0 Å². The number of carboxylic acids is 1. The Balaban J connectivity index is 1.73. The Morgan fingerprint density at radius 1 is 1.15 bits per heavy atom. The fourth-order valence-electron chi connectivity index (χ4n) is 3.31. The number of anilines is 1. The molecule has 1 aliphatic rings. The van der Waals surface area contributed by atoms with Crippen LogP contribution >= 0.6 is 0 Å². The quantitative estimate of drug-likeness (QED) is 0.878. The maximum absolute atomic E-state index is 11.9. The van der Waals surface area contributed by atoms with E-state index in [0.29, 0.717) is 13.1 Å². The van der Waals surface area contributed by atoms with Gasteiger partial charge in [-0.2, -0.15) is 0 Å². The van der Waals surface area contributed by atoms with Gasteiger partial charge in [-0.1, -0.05) is 12.1 Å². The summed E-state index contributed by atoms with van der Waals surface area (Å²) in [6, 6.07) is 6.58. The predicted molar refractivity (Wildman–Crippen MR) is 98.7 cm³/mol. The fourth-order valence-corrected chi connectivity index (χ4v) is 3.31. The van der Waals surface area contributed by atoms with Gasteiger partial charge in [0.1, 0.15) is 17.6 Å². The molecule has 1 N–H and O–H groups in total. The standard InChI is InChI=1S/C19H24N4O3/c1-13-12-20-14(2)18(21-13)23-10-8-22(9-11-23)17(19(24)25)15-4-6-16(26-3)7-5-15/h4-7,12,17H,8-11H2,1-3H3,(H,24,25)/t17-/m1/s1. The second-order valence-corrected chi connectivity index (χ2v) is 6.46. The van der Waals surface area contributed by atoms with Gasteiger partial charge in [0.25, 0.3) is 0 Å². The number of benzene rings is 1. The van der Waals surface area contributed by atoms with E-state index in [2.05, 4.69) is 14.9 Å². The molecule has 0 aliphatic carbocycles. The minimum atomic E-state index is -0.838. The normalized spacial score (nSPS) is 16.3. The summed E-state index contributed by atoms with van der Waals surface area (Å²) >= 11 is 0. The lowest BCUT2D eigenvalue weighted by Crippen LogP contribution is -2.49. The number of carbonyl (C=O) groups is 1. The molecule has 1 aliphatic heterocycles. The number of aromatic nitrogens is 2. The molecular weight excluding hydrogens is 332 g/mol. The van der Waals surface area contributed by atoms with Gasteiger partial charge in [0.2, 0.25) is 0 Å². The zero-order chi connectivity index (χ0) is 18.7. The van der Waals surface area contributed by atoms with E-state index in [9.17, 15) is 9.90 Å². The highest BCUT2D eigenvalue weighted by Gasteiger charge is 2.31. The predicted octanol–water partition coefficient (Wildman–Crippen LogP) is 2.05. The van der Waals surface area contributed by atoms with Crippen LogP contribution in [0, 0.1) is 13.8 Å². The van der Waals surface area contributed by atoms with Crippen LogP contribution < -0.4 is 9.64 Å². The largest absolute Gasteiger partial charge is 0.497 e. The van der Waals surface area contributed by atoms with Gasteiger partial charge in [0.05, 0.1) is 18.5 Å². The maximum atomic E-state index is 11.9. The first-order chi connectivity index (χ1) is 12.5. The van der Waals surface area contributed by atoms with Gasteiger partial charge >= 0.3 is 5.97 Å². The number of hydrogen-bond donors (Lipinski definition) is 1. The van der Waals surface area contributed by atoms with Crippen molar-refractivity contribution in [3.63, 3.8) is 0 Å². The molecule has 1 saturated heterocycles. The summed E-state index contributed by atoms with van der Waals surface area (Å²) in [6.45, 7) is 6.62. The molecule has 1 aromatic carbocycles. The van der Waals surface area contributed by atoms with Crippen LogP contribution in [-0.4, -0.2) is 59.2 Å². The van der Waals surface area contributed by atoms with Gasteiger partial charge < -0.3 is 14.7 Å². The van der Waals surface area contributed by atoms with Gasteiger partial charge in [-0.15, -0.1) is 0 Å². The molecule has 1 fully saturated rings. The highest BCUT2D eigenvalue weighted by atomic mass is 16.5. The van der Waals surface area contributed by atoms with Crippen molar-refractivity contribution in [2.24, 2.45) is 0 Å². The molecule has 3 rings (SSSR count). The summed E-state index contributed by atoms with van der Waals surface area (Å²) in [6.07, 6.45) is 1.76. The minimum absolute atomic E-state index is 0.651. The van der Waals surface area contributed by atoms with Crippen LogP contribution in [0.5, 0.6) is 5.75 Å². The van der Waals surface area contributed by atoms with Crippen molar-refractivity contribution >= 4 is 11.8 Å². The third-order valence-corrected chi connectivity index (χ3v) is 4.70. The number of ether oxygens (including phenoxy) is 1. The van der Waals surface area contributed by atoms with E-state index in [1.165, 1.54) is 0 Å². The van der Waals surface area contributed by atoms with E-state index >= 15 is 0 Å². The monoisotopic (exact) mass is 356 g/mol. The molecule has 0 unspecified atom stereocenters. The molecule has 0 radical (unpaired) electrons. The van der Waals surface area contributed by atoms with Crippen molar-refractivity contribution < 1.29 is 14.6 Å². The van der Waals surface area contributed by atoms with E-state index in [1.807, 2.05) is 30.9 Å². The molecule has 7 heteroatoms. The number of aryl methyl sites for hydroxylation is 2. The summed E-state index contributed by atoms with van der Waals surface area (Å²) in [7, 11) is 1.60. The van der Waals surface area contributed by atoms with Crippen LogP contribution in [0.1, 0.15) is 23.0 Å². The summed E-state index contributed by atoms with van der Waals surface area (Å²) < 4.78 is 5.16. The molecule has 0 spiro atoms. The van der Waals surface area contributed by atoms with E-state index in [1.54, 1.807) is 25.4 Å². The number of methoxy groups -OCH3 is 1. The SMILES string of the molecule is COc1ccc([C@H](C(=O)O)N2CCN(c3nc(C)cnc3C)CC2)cc1. The maximum Gasteiger partial charge on any atom is 0.325 e. The number of carboxylic acid groups (broad SMARTS) is 1. The summed E-state index contributed by atoms with van der Waals surface area (Å²) in [5.74, 6) is 0.771. The smallest absolute Gasteiger partial charge is 0.325 e. The minimum Gasteiger partial charge on any atom is -0.497 e. The second-order valence-electron chi connectivity index (χ2n) is 6.46. The van der Waals surface area contributed by atoms with Gasteiger partial charge in [0.15, 0.2) is 0 Å². The van der Waals surface area contributed by atoms with Crippen molar-refractivity contribution in [2.45, 2.75) is 19.9 Å². The zero-order valence-corrected chi connectivity index (χ0v) is 15.3. The van der Waals surface area contributed by atoms with Gasteiger partial charge in [-0.05, 0) is 31.5 Å². The highest BCUT2D eigenvalue weighted by Crippen LogP contribution is 2.26. The Bertz CT molecular complexity index is 771. The number of aliphatic carboxylic acids is 1. The summed E-state index contributed by atoms with van der Waals surface area (Å²) in [5.41, 5.74) is 2.54. The van der Waals surface area contributed by atoms with E-state index in [0.717, 1.165) is 41.6 Å². The molecule has 26 heavy (non-hydrogen) atoms. The Labute approximate surface area is 153 Å². The summed E-state index contributed by atoms with van der Waals surface area (Å²) in [5, 5.41) is 9.76. The number of rotatable bonds is 5. The topological polar surface area (TPSA) is 78.8 Å². The van der Waals surface area contributed by atoms with Crippen molar-refractivity contribution in [1.82, 2.24) is 14.9 Å². The average Bonchev–Trinajstić information content (AvgIpc) is 2.65. The lowest BCUT2D eigenvalue weighted by Gasteiger charge is -2.38. The first kappa shape index (κ1) is 18.1. The van der Waals surface area contributed by atoms with Gasteiger partial charge in [-0.25, -0.2) is 4.98 Å². The molecule has 0 saturated carbocycles. The molecule has 1 aromatic heterocycles. The van der Waals surface area contributed by atoms with Crippen molar-refractivity contribution in [2.75, 3.05) is 38.2 Å².